The fourth-order valence-electron chi connectivity index (χ4n) is 0.503. The summed E-state index contributed by atoms with van der Waals surface area (Å²) < 4.78 is 13.2. The first-order chi connectivity index (χ1) is 5.22. The SMILES string of the molecule is CSCC[C@H](N=S=O)C(=O)O. The quantitative estimate of drug-likeness (QED) is 0.697. The highest BCUT2D eigenvalue weighted by molar-refractivity contribution is 7.98. The van der Waals surface area contributed by atoms with Crippen molar-refractivity contribution < 1.29 is 14.1 Å². The van der Waals surface area contributed by atoms with Crippen molar-refractivity contribution >= 4 is 29.2 Å². The van der Waals surface area contributed by atoms with Crippen molar-refractivity contribution in [2.24, 2.45) is 4.36 Å². The molecule has 0 aliphatic carbocycles. The van der Waals surface area contributed by atoms with Crippen molar-refractivity contribution in [2.75, 3.05) is 12.0 Å². The van der Waals surface area contributed by atoms with E-state index < -0.39 is 12.0 Å². The summed E-state index contributed by atoms with van der Waals surface area (Å²) in [5.41, 5.74) is 0. The average molecular weight is 195 g/mol. The number of hydrogen-bond acceptors (Lipinski definition) is 4. The van der Waals surface area contributed by atoms with Gasteiger partial charge in [-0.3, -0.25) is 0 Å². The van der Waals surface area contributed by atoms with Gasteiger partial charge in [0, 0.05) is 0 Å². The van der Waals surface area contributed by atoms with E-state index in [9.17, 15) is 9.00 Å². The van der Waals surface area contributed by atoms with Gasteiger partial charge in [-0.05, 0) is 18.4 Å². The van der Waals surface area contributed by atoms with Crippen LogP contribution in [0.2, 0.25) is 0 Å². The molecule has 0 rings (SSSR count). The summed E-state index contributed by atoms with van der Waals surface area (Å²) in [6.07, 6.45) is 2.30. The number of aliphatic carboxylic acids is 1. The summed E-state index contributed by atoms with van der Waals surface area (Å²) in [4.78, 5) is 10.3. The Morgan fingerprint density at radius 2 is 2.36 bits per heavy atom. The molecular weight excluding hydrogens is 186 g/mol. The van der Waals surface area contributed by atoms with Crippen LogP contribution in [0.5, 0.6) is 0 Å². The topological polar surface area (TPSA) is 66.7 Å². The zero-order valence-corrected chi connectivity index (χ0v) is 7.65. The molecule has 0 amide bonds. The maximum atomic E-state index is 10.3. The fraction of sp³-hybridized carbons (Fsp3) is 0.800. The highest BCUT2D eigenvalue weighted by Gasteiger charge is 2.14. The summed E-state index contributed by atoms with van der Waals surface area (Å²) in [5, 5.41) is 8.48. The number of nitrogens with zero attached hydrogens (tertiary/aromatic N) is 1. The number of hydrogen-bond donors (Lipinski definition) is 1. The highest BCUT2D eigenvalue weighted by Crippen LogP contribution is 2.03. The van der Waals surface area contributed by atoms with Crippen molar-refractivity contribution in [1.29, 1.82) is 0 Å². The van der Waals surface area contributed by atoms with E-state index >= 15 is 0 Å². The zero-order chi connectivity index (χ0) is 8.69. The zero-order valence-electron chi connectivity index (χ0n) is 6.02. The largest absolute Gasteiger partial charge is 0.480 e. The smallest absolute Gasteiger partial charge is 0.329 e. The Morgan fingerprint density at radius 1 is 1.73 bits per heavy atom. The molecule has 0 aliphatic heterocycles. The molecule has 4 nitrogen and oxygen atoms in total. The molecule has 0 heterocycles. The van der Waals surface area contributed by atoms with Crippen LogP contribution in [0.1, 0.15) is 6.42 Å². The molecule has 0 spiro atoms. The minimum absolute atomic E-state index is 0.0266. The predicted molar refractivity (Wildman–Crippen MR) is 45.0 cm³/mol. The molecule has 0 aromatic rings. The Kier molecular flexibility index (Phi) is 6.15. The van der Waals surface area contributed by atoms with Gasteiger partial charge in [-0.1, -0.05) is 0 Å². The Hall–Kier alpha value is -0.360. The Balaban J connectivity index is 3.89. The van der Waals surface area contributed by atoms with Crippen molar-refractivity contribution in [3.05, 3.63) is 0 Å². The molecule has 64 valence electrons. The van der Waals surface area contributed by atoms with Crippen LogP contribution in [0.15, 0.2) is 4.36 Å². The monoisotopic (exact) mass is 195 g/mol. The molecule has 0 aromatic heterocycles. The molecule has 0 aromatic carbocycles. The van der Waals surface area contributed by atoms with Crippen LogP contribution in [0.25, 0.3) is 0 Å². The van der Waals surface area contributed by atoms with Crippen LogP contribution >= 0.6 is 11.8 Å². The number of carbonyl (C=O) groups is 1. The lowest BCUT2D eigenvalue weighted by Crippen LogP contribution is -2.17. The van der Waals surface area contributed by atoms with Gasteiger partial charge in [-0.2, -0.15) is 20.3 Å². The van der Waals surface area contributed by atoms with Crippen LogP contribution in [0, 0.1) is 0 Å². The number of rotatable bonds is 5. The van der Waals surface area contributed by atoms with Crippen molar-refractivity contribution in [3.63, 3.8) is 0 Å². The van der Waals surface area contributed by atoms with Crippen LogP contribution < -0.4 is 0 Å². The molecule has 6 heteroatoms. The van der Waals surface area contributed by atoms with Gasteiger partial charge in [-0.25, -0.2) is 4.79 Å². The molecule has 1 N–H and O–H groups in total. The second-order valence-electron chi connectivity index (χ2n) is 1.82. The third-order valence-electron chi connectivity index (χ3n) is 1.05. The van der Waals surface area contributed by atoms with Gasteiger partial charge >= 0.3 is 5.97 Å². The number of thioether (sulfide) groups is 1. The lowest BCUT2D eigenvalue weighted by atomic mass is 10.2. The number of carboxylic acid groups (broad SMARTS) is 1. The van der Waals surface area contributed by atoms with E-state index in [1.54, 1.807) is 0 Å². The van der Waals surface area contributed by atoms with Gasteiger partial charge in [0.1, 0.15) is 0 Å². The second-order valence-corrected chi connectivity index (χ2v) is 3.16. The molecule has 0 saturated heterocycles. The van der Waals surface area contributed by atoms with Crippen molar-refractivity contribution in [2.45, 2.75) is 12.5 Å². The summed E-state index contributed by atoms with van der Waals surface area (Å²) >= 11 is 1.51. The van der Waals surface area contributed by atoms with Gasteiger partial charge in [0.15, 0.2) is 17.5 Å². The molecule has 0 unspecified atom stereocenters. The van der Waals surface area contributed by atoms with Gasteiger partial charge in [0.05, 0.1) is 0 Å². The van der Waals surface area contributed by atoms with Gasteiger partial charge in [0.25, 0.3) is 0 Å². The molecule has 0 radical (unpaired) electrons. The molecule has 11 heavy (non-hydrogen) atoms. The Morgan fingerprint density at radius 3 is 2.73 bits per heavy atom. The molecular formula is C5H9NO3S2. The van der Waals surface area contributed by atoms with Gasteiger partial charge < -0.3 is 5.11 Å². The summed E-state index contributed by atoms with van der Waals surface area (Å²) in [7, 11) is 0. The van der Waals surface area contributed by atoms with Crippen LogP contribution in [-0.4, -0.2) is 33.3 Å². The maximum absolute atomic E-state index is 10.3. The van der Waals surface area contributed by atoms with Gasteiger partial charge in [-0.15, -0.1) is 0 Å². The minimum Gasteiger partial charge on any atom is -0.480 e. The predicted octanol–water partition coefficient (Wildman–Crippen LogP) is 0.589. The van der Waals surface area contributed by atoms with E-state index in [0.717, 1.165) is 0 Å². The molecule has 0 saturated carbocycles. The van der Waals surface area contributed by atoms with E-state index in [-0.39, 0.29) is 11.5 Å². The fourth-order valence-corrected chi connectivity index (χ4v) is 1.26. The standard InChI is InChI=1S/C5H9NO3S2/c1-10-3-2-4(5(7)8)6-11-9/h4H,2-3H2,1H3,(H,7,8)/t4-/m0/s1. The average Bonchev–Trinajstić information content (AvgIpc) is 1.97. The Labute approximate surface area is 72.6 Å². The van der Waals surface area contributed by atoms with Gasteiger partial charge in [0.2, 0.25) is 0 Å². The molecule has 1 atom stereocenters. The van der Waals surface area contributed by atoms with Crippen molar-refractivity contribution in [3.8, 4) is 0 Å². The summed E-state index contributed by atoms with van der Waals surface area (Å²) in [6.45, 7) is 0. The van der Waals surface area contributed by atoms with E-state index in [4.69, 9.17) is 5.11 Å². The second kappa shape index (κ2) is 6.36. The summed E-state index contributed by atoms with van der Waals surface area (Å²) in [6, 6.07) is -0.843. The van der Waals surface area contributed by atoms with Crippen LogP contribution in [0.4, 0.5) is 0 Å². The van der Waals surface area contributed by atoms with E-state index in [1.807, 2.05) is 6.26 Å². The lowest BCUT2D eigenvalue weighted by molar-refractivity contribution is -0.138. The first-order valence-corrected chi connectivity index (χ1v) is 5.02. The summed E-state index contributed by atoms with van der Waals surface area (Å²) in [5.74, 6) is -0.316. The minimum atomic E-state index is -1.03. The van der Waals surface area contributed by atoms with E-state index in [2.05, 4.69) is 4.36 Å². The van der Waals surface area contributed by atoms with Crippen molar-refractivity contribution in [1.82, 2.24) is 0 Å². The Bertz CT molecular complexity index is 177. The van der Waals surface area contributed by atoms with Crippen LogP contribution in [-0.2, 0) is 16.3 Å². The van der Waals surface area contributed by atoms with E-state index in [0.29, 0.717) is 12.2 Å². The van der Waals surface area contributed by atoms with E-state index in [1.165, 1.54) is 11.8 Å². The lowest BCUT2D eigenvalue weighted by Gasteiger charge is -2.01. The highest BCUT2D eigenvalue weighted by atomic mass is 32.2. The van der Waals surface area contributed by atoms with Crippen LogP contribution in [0.3, 0.4) is 0 Å². The molecule has 0 fully saturated rings. The number of carboxylic acids is 1. The molecule has 0 bridgehead atoms. The third-order valence-corrected chi connectivity index (χ3v) is 2.04. The first kappa shape index (κ1) is 10.6. The maximum Gasteiger partial charge on any atom is 0.329 e. The third kappa shape index (κ3) is 4.97. The molecule has 0 aliphatic rings. The normalized spacial score (nSPS) is 12.1. The first-order valence-electron chi connectivity index (χ1n) is 2.93.